The smallest absolute Gasteiger partial charge is 0.275 e. The van der Waals surface area contributed by atoms with Crippen molar-refractivity contribution < 1.29 is 13.6 Å². The van der Waals surface area contributed by atoms with Gasteiger partial charge in [0.05, 0.1) is 22.5 Å². The fourth-order valence-electron chi connectivity index (χ4n) is 4.18. The van der Waals surface area contributed by atoms with Gasteiger partial charge in [-0.2, -0.15) is 0 Å². The normalized spacial score (nSPS) is 21.1. The molecule has 1 aromatic carbocycles. The third kappa shape index (κ3) is 4.61. The number of nitrogens with one attached hydrogen (secondary N) is 1. The SMILES string of the molecule is CC1CC(N)CC(c2ccncc2NC(=O)c2csc(-c3c(F)ccc(Cl)c3F)n2)C1. The van der Waals surface area contributed by atoms with Gasteiger partial charge in [-0.25, -0.2) is 13.8 Å². The first-order valence-electron chi connectivity index (χ1n) is 9.93. The molecule has 1 aliphatic carbocycles. The number of anilines is 1. The maximum absolute atomic E-state index is 14.3. The Bertz CT molecular complexity index is 1110. The number of amides is 1. The Balaban J connectivity index is 1.58. The van der Waals surface area contributed by atoms with Crippen molar-refractivity contribution in [1.82, 2.24) is 9.97 Å². The van der Waals surface area contributed by atoms with Crippen LogP contribution in [0.2, 0.25) is 5.02 Å². The highest BCUT2D eigenvalue weighted by Gasteiger charge is 2.28. The van der Waals surface area contributed by atoms with Gasteiger partial charge in [-0.1, -0.05) is 18.5 Å². The summed E-state index contributed by atoms with van der Waals surface area (Å²) in [6.07, 6.45) is 6.10. The molecular weight excluding hydrogens is 442 g/mol. The molecule has 2 aromatic heterocycles. The van der Waals surface area contributed by atoms with Crippen LogP contribution in [0, 0.1) is 17.6 Å². The Kier molecular flexibility index (Phi) is 6.31. The van der Waals surface area contributed by atoms with E-state index < -0.39 is 17.5 Å². The minimum atomic E-state index is -0.903. The van der Waals surface area contributed by atoms with Crippen LogP contribution in [-0.2, 0) is 0 Å². The van der Waals surface area contributed by atoms with Gasteiger partial charge < -0.3 is 11.1 Å². The van der Waals surface area contributed by atoms with Gasteiger partial charge in [0.15, 0.2) is 5.82 Å². The number of hydrogen-bond acceptors (Lipinski definition) is 5. The van der Waals surface area contributed by atoms with Gasteiger partial charge in [0.25, 0.3) is 5.91 Å². The van der Waals surface area contributed by atoms with Crippen molar-refractivity contribution in [2.24, 2.45) is 11.7 Å². The Morgan fingerprint density at radius 2 is 2.06 bits per heavy atom. The van der Waals surface area contributed by atoms with Crippen molar-refractivity contribution in [1.29, 1.82) is 0 Å². The number of carbonyl (C=O) groups excluding carboxylic acids is 1. The van der Waals surface area contributed by atoms with Crippen molar-refractivity contribution in [2.45, 2.75) is 38.1 Å². The van der Waals surface area contributed by atoms with Gasteiger partial charge in [0.2, 0.25) is 0 Å². The minimum Gasteiger partial charge on any atom is -0.328 e. The van der Waals surface area contributed by atoms with E-state index >= 15 is 0 Å². The standard InChI is InChI=1S/C22H21ClF2N4OS/c1-11-6-12(8-13(26)7-11)14-4-5-27-9-17(14)28-21(30)18-10-31-22(29-18)19-16(24)3-2-15(23)20(19)25/h2-5,9-13H,6-8,26H2,1H3,(H,28,30). The average Bonchev–Trinajstić information content (AvgIpc) is 3.21. The first-order valence-corrected chi connectivity index (χ1v) is 11.2. The molecule has 0 aliphatic heterocycles. The number of aromatic nitrogens is 2. The molecule has 5 nitrogen and oxygen atoms in total. The summed E-state index contributed by atoms with van der Waals surface area (Å²) >= 11 is 6.73. The highest BCUT2D eigenvalue weighted by Crippen LogP contribution is 2.38. The molecule has 3 aromatic rings. The number of halogens is 3. The third-order valence-corrected chi connectivity index (χ3v) is 6.67. The molecule has 0 spiro atoms. The zero-order chi connectivity index (χ0) is 22.1. The van der Waals surface area contributed by atoms with E-state index in [-0.39, 0.29) is 33.2 Å². The predicted molar refractivity (Wildman–Crippen MR) is 118 cm³/mol. The quantitative estimate of drug-likeness (QED) is 0.493. The van der Waals surface area contributed by atoms with E-state index in [0.717, 1.165) is 48.3 Å². The molecule has 1 saturated carbocycles. The van der Waals surface area contributed by atoms with E-state index in [1.807, 2.05) is 6.07 Å². The van der Waals surface area contributed by atoms with Crippen molar-refractivity contribution >= 4 is 34.5 Å². The fraction of sp³-hybridized carbons (Fsp3) is 0.318. The maximum Gasteiger partial charge on any atom is 0.275 e. The Morgan fingerprint density at radius 3 is 2.84 bits per heavy atom. The van der Waals surface area contributed by atoms with Crippen LogP contribution in [-0.4, -0.2) is 21.9 Å². The van der Waals surface area contributed by atoms with E-state index in [1.54, 1.807) is 12.4 Å². The lowest BCUT2D eigenvalue weighted by molar-refractivity contribution is 0.102. The molecule has 4 rings (SSSR count). The lowest BCUT2D eigenvalue weighted by Gasteiger charge is -2.32. The van der Waals surface area contributed by atoms with E-state index in [9.17, 15) is 13.6 Å². The van der Waals surface area contributed by atoms with Gasteiger partial charge in [0, 0.05) is 17.6 Å². The molecule has 0 radical (unpaired) electrons. The summed E-state index contributed by atoms with van der Waals surface area (Å²) in [5.41, 5.74) is 7.49. The molecule has 1 fully saturated rings. The Hall–Kier alpha value is -2.42. The van der Waals surface area contributed by atoms with Crippen LogP contribution in [0.5, 0.6) is 0 Å². The van der Waals surface area contributed by atoms with Crippen molar-refractivity contribution in [3.05, 3.63) is 63.9 Å². The van der Waals surface area contributed by atoms with Crippen molar-refractivity contribution in [2.75, 3.05) is 5.32 Å². The first kappa shape index (κ1) is 21.8. The second kappa shape index (κ2) is 8.98. The molecule has 3 unspecified atom stereocenters. The van der Waals surface area contributed by atoms with Crippen LogP contribution in [0.15, 0.2) is 36.0 Å². The van der Waals surface area contributed by atoms with Gasteiger partial charge in [-0.15, -0.1) is 11.3 Å². The molecule has 2 heterocycles. The van der Waals surface area contributed by atoms with Gasteiger partial charge >= 0.3 is 0 Å². The number of benzene rings is 1. The van der Waals surface area contributed by atoms with Crippen LogP contribution in [0.25, 0.3) is 10.6 Å². The topological polar surface area (TPSA) is 80.9 Å². The molecule has 0 bridgehead atoms. The highest BCUT2D eigenvalue weighted by atomic mass is 35.5. The number of nitrogens with zero attached hydrogens (tertiary/aromatic N) is 2. The van der Waals surface area contributed by atoms with Gasteiger partial charge in [-0.05, 0) is 54.9 Å². The number of thiazole rings is 1. The van der Waals surface area contributed by atoms with Crippen molar-refractivity contribution in [3.8, 4) is 10.6 Å². The fourth-order valence-corrected chi connectivity index (χ4v) is 5.18. The lowest BCUT2D eigenvalue weighted by atomic mass is 9.76. The zero-order valence-electron chi connectivity index (χ0n) is 16.7. The number of pyridine rings is 1. The van der Waals surface area contributed by atoms with Crippen LogP contribution < -0.4 is 11.1 Å². The predicted octanol–water partition coefficient (Wildman–Crippen LogP) is 5.62. The second-order valence-corrected chi connectivity index (χ2v) is 9.21. The summed E-state index contributed by atoms with van der Waals surface area (Å²) in [4.78, 5) is 21.1. The lowest BCUT2D eigenvalue weighted by Crippen LogP contribution is -2.31. The Morgan fingerprint density at radius 1 is 1.26 bits per heavy atom. The average molecular weight is 463 g/mol. The molecule has 1 aliphatic rings. The minimum absolute atomic E-state index is 0.0427. The number of hydrogen-bond donors (Lipinski definition) is 2. The van der Waals surface area contributed by atoms with Crippen molar-refractivity contribution in [3.63, 3.8) is 0 Å². The molecular formula is C22H21ClF2N4OS. The van der Waals surface area contributed by atoms with Crippen LogP contribution >= 0.6 is 22.9 Å². The molecule has 1 amide bonds. The number of rotatable bonds is 4. The summed E-state index contributed by atoms with van der Waals surface area (Å²) in [7, 11) is 0. The monoisotopic (exact) mass is 462 g/mol. The van der Waals surface area contributed by atoms with Crippen LogP contribution in [0.3, 0.4) is 0 Å². The third-order valence-electron chi connectivity index (χ3n) is 5.52. The molecule has 3 N–H and O–H groups in total. The summed E-state index contributed by atoms with van der Waals surface area (Å²) in [5, 5.41) is 4.14. The zero-order valence-corrected chi connectivity index (χ0v) is 18.3. The molecule has 3 atom stereocenters. The van der Waals surface area contributed by atoms with Crippen LogP contribution in [0.4, 0.5) is 14.5 Å². The summed E-state index contributed by atoms with van der Waals surface area (Å²) in [5.74, 6) is -1.46. The molecule has 162 valence electrons. The maximum atomic E-state index is 14.3. The summed E-state index contributed by atoms with van der Waals surface area (Å²) < 4.78 is 28.4. The highest BCUT2D eigenvalue weighted by molar-refractivity contribution is 7.13. The molecule has 9 heteroatoms. The van der Waals surface area contributed by atoms with Gasteiger partial charge in [-0.3, -0.25) is 9.78 Å². The molecule has 31 heavy (non-hydrogen) atoms. The van der Waals surface area contributed by atoms with E-state index in [1.165, 1.54) is 5.38 Å². The van der Waals surface area contributed by atoms with E-state index in [4.69, 9.17) is 17.3 Å². The Labute approximate surface area is 187 Å². The largest absolute Gasteiger partial charge is 0.328 e. The van der Waals surface area contributed by atoms with Crippen LogP contribution in [0.1, 0.15) is 48.2 Å². The summed E-state index contributed by atoms with van der Waals surface area (Å²) in [6, 6.07) is 4.22. The first-order chi connectivity index (χ1) is 14.8. The van der Waals surface area contributed by atoms with Gasteiger partial charge in [0.1, 0.15) is 16.5 Å². The summed E-state index contributed by atoms with van der Waals surface area (Å²) in [6.45, 7) is 2.18. The van der Waals surface area contributed by atoms with E-state index in [2.05, 4.69) is 22.2 Å². The second-order valence-electron chi connectivity index (χ2n) is 7.94. The number of carbonyl (C=O) groups is 1. The molecule has 0 saturated heterocycles. The number of nitrogens with two attached hydrogens (primary N) is 1. The van der Waals surface area contributed by atoms with E-state index in [0.29, 0.717) is 11.6 Å².